The van der Waals surface area contributed by atoms with Gasteiger partial charge in [0.25, 0.3) is 0 Å². The van der Waals surface area contributed by atoms with Crippen molar-refractivity contribution in [3.8, 4) is 11.3 Å². The number of ether oxygens (including phenoxy) is 1. The summed E-state index contributed by atoms with van der Waals surface area (Å²) in [5.74, 6) is 1.39. The van der Waals surface area contributed by atoms with Gasteiger partial charge in [-0.1, -0.05) is 35.9 Å². The zero-order valence-corrected chi connectivity index (χ0v) is 18.0. The lowest BCUT2D eigenvalue weighted by molar-refractivity contribution is 0.136. The maximum Gasteiger partial charge on any atom is 0.407 e. The molecule has 0 bridgehead atoms. The number of hydrogen-bond donors (Lipinski definition) is 1. The van der Waals surface area contributed by atoms with E-state index in [9.17, 15) is 4.79 Å². The number of alkyl carbamates (subject to hydrolysis) is 1. The summed E-state index contributed by atoms with van der Waals surface area (Å²) in [5.41, 5.74) is 4.32. The third-order valence-electron chi connectivity index (χ3n) is 5.19. The molecule has 1 aliphatic rings. The number of amides is 1. The van der Waals surface area contributed by atoms with Crippen molar-refractivity contribution in [2.75, 3.05) is 24.5 Å². The highest BCUT2D eigenvalue weighted by Gasteiger charge is 2.21. The summed E-state index contributed by atoms with van der Waals surface area (Å²) in [6.45, 7) is 2.64. The van der Waals surface area contributed by atoms with Crippen molar-refractivity contribution < 1.29 is 9.53 Å². The quantitative estimate of drug-likeness (QED) is 0.581. The Kier molecular flexibility index (Phi) is 6.81. The topological polar surface area (TPSA) is 67.4 Å². The Morgan fingerprint density at radius 2 is 2.03 bits per heavy atom. The van der Waals surface area contributed by atoms with Crippen molar-refractivity contribution in [1.82, 2.24) is 15.3 Å². The average Bonchev–Trinajstić information content (AvgIpc) is 3.31. The summed E-state index contributed by atoms with van der Waals surface area (Å²) in [7, 11) is 0. The molecule has 0 unspecified atom stereocenters. The summed E-state index contributed by atoms with van der Waals surface area (Å²) in [6, 6.07) is 13.8. The number of thiazole rings is 1. The first kappa shape index (κ1) is 20.6. The summed E-state index contributed by atoms with van der Waals surface area (Å²) in [5, 5.41) is 5.45. The molecule has 0 spiro atoms. The van der Waals surface area contributed by atoms with Gasteiger partial charge in [0.05, 0.1) is 16.9 Å². The lowest BCUT2D eigenvalue weighted by atomic mass is 9.97. The van der Waals surface area contributed by atoms with Gasteiger partial charge in [-0.25, -0.2) is 14.8 Å². The van der Waals surface area contributed by atoms with Crippen LogP contribution in [-0.2, 0) is 11.3 Å². The largest absolute Gasteiger partial charge is 0.443 e. The first-order chi connectivity index (χ1) is 14.7. The number of nitrogens with zero attached hydrogens (tertiary/aromatic N) is 3. The molecular formula is C22H23ClN4O2S. The highest BCUT2D eigenvalue weighted by molar-refractivity contribution is 7.07. The van der Waals surface area contributed by atoms with E-state index in [2.05, 4.69) is 15.2 Å². The van der Waals surface area contributed by atoms with E-state index in [0.717, 1.165) is 48.7 Å². The number of piperidine rings is 1. The van der Waals surface area contributed by atoms with Crippen LogP contribution >= 0.6 is 22.9 Å². The molecule has 3 aromatic rings. The van der Waals surface area contributed by atoms with Gasteiger partial charge >= 0.3 is 6.09 Å². The SMILES string of the molecule is O=C(NCC1CCN(c2cccc(-c3ccccc3Cl)n2)CC1)OCc1cscn1. The molecule has 0 atom stereocenters. The van der Waals surface area contributed by atoms with Crippen LogP contribution in [0.2, 0.25) is 5.02 Å². The van der Waals surface area contributed by atoms with Gasteiger partial charge in [0.2, 0.25) is 0 Å². The van der Waals surface area contributed by atoms with Crippen molar-refractivity contribution in [1.29, 1.82) is 0 Å². The van der Waals surface area contributed by atoms with Crippen molar-refractivity contribution >= 4 is 34.8 Å². The normalized spacial score (nSPS) is 14.5. The van der Waals surface area contributed by atoms with E-state index in [1.165, 1.54) is 11.3 Å². The van der Waals surface area contributed by atoms with Crippen LogP contribution < -0.4 is 10.2 Å². The van der Waals surface area contributed by atoms with Crippen LogP contribution in [0.25, 0.3) is 11.3 Å². The van der Waals surface area contributed by atoms with Crippen molar-refractivity contribution in [2.45, 2.75) is 19.4 Å². The molecule has 1 fully saturated rings. The molecule has 1 saturated heterocycles. The van der Waals surface area contributed by atoms with Gasteiger partial charge in [0.15, 0.2) is 0 Å². The fourth-order valence-corrected chi connectivity index (χ4v) is 4.29. The number of carbonyl (C=O) groups excluding carboxylic acids is 1. The standard InChI is InChI=1S/C22H23ClN4O2S/c23-19-5-2-1-4-18(19)20-6-3-7-21(26-20)27-10-8-16(9-11-27)12-24-22(28)29-13-17-14-30-15-25-17/h1-7,14-16H,8-13H2,(H,24,28). The molecule has 1 amide bonds. The van der Waals surface area contributed by atoms with E-state index in [1.807, 2.05) is 47.8 Å². The van der Waals surface area contributed by atoms with E-state index in [4.69, 9.17) is 21.3 Å². The molecular weight excluding hydrogens is 420 g/mol. The van der Waals surface area contributed by atoms with E-state index in [-0.39, 0.29) is 12.7 Å². The second kappa shape index (κ2) is 9.91. The Labute approximate surface area is 184 Å². The number of nitrogens with one attached hydrogen (secondary N) is 1. The molecule has 8 heteroatoms. The molecule has 1 N–H and O–H groups in total. The molecule has 4 rings (SSSR count). The maximum atomic E-state index is 11.9. The second-order valence-corrected chi connectivity index (χ2v) is 8.35. The van der Waals surface area contributed by atoms with E-state index < -0.39 is 0 Å². The van der Waals surface area contributed by atoms with E-state index >= 15 is 0 Å². The monoisotopic (exact) mass is 442 g/mol. The van der Waals surface area contributed by atoms with Gasteiger partial charge in [0.1, 0.15) is 12.4 Å². The second-order valence-electron chi connectivity index (χ2n) is 7.23. The average molecular weight is 443 g/mol. The summed E-state index contributed by atoms with van der Waals surface area (Å²) in [6.07, 6.45) is 1.59. The number of rotatable bonds is 6. The van der Waals surface area contributed by atoms with Gasteiger partial charge in [-0.05, 0) is 37.0 Å². The van der Waals surface area contributed by atoms with Gasteiger partial charge in [-0.2, -0.15) is 0 Å². The van der Waals surface area contributed by atoms with Crippen LogP contribution in [0.15, 0.2) is 53.4 Å². The molecule has 30 heavy (non-hydrogen) atoms. The van der Waals surface area contributed by atoms with Gasteiger partial charge in [-0.15, -0.1) is 11.3 Å². The molecule has 2 aromatic heterocycles. The minimum atomic E-state index is -0.389. The fraction of sp³-hybridized carbons (Fsp3) is 0.318. The third-order valence-corrected chi connectivity index (χ3v) is 6.16. The van der Waals surface area contributed by atoms with E-state index in [0.29, 0.717) is 17.5 Å². The Hall–Kier alpha value is -2.64. The third kappa shape index (κ3) is 5.29. The molecule has 1 aromatic carbocycles. The predicted octanol–water partition coefficient (Wildman–Crippen LogP) is 5.00. The van der Waals surface area contributed by atoms with Gasteiger partial charge < -0.3 is 15.0 Å². The Morgan fingerprint density at radius 3 is 2.80 bits per heavy atom. The van der Waals surface area contributed by atoms with Crippen LogP contribution in [0.4, 0.5) is 10.6 Å². The van der Waals surface area contributed by atoms with Gasteiger partial charge in [-0.3, -0.25) is 0 Å². The zero-order valence-electron chi connectivity index (χ0n) is 16.5. The summed E-state index contributed by atoms with van der Waals surface area (Å²) in [4.78, 5) is 23.1. The number of benzene rings is 1. The minimum absolute atomic E-state index is 0.210. The number of anilines is 1. The number of halogens is 1. The minimum Gasteiger partial charge on any atom is -0.443 e. The number of carbonyl (C=O) groups is 1. The molecule has 6 nitrogen and oxygen atoms in total. The predicted molar refractivity (Wildman–Crippen MR) is 120 cm³/mol. The number of aromatic nitrogens is 2. The molecule has 0 radical (unpaired) electrons. The smallest absolute Gasteiger partial charge is 0.407 e. The lowest BCUT2D eigenvalue weighted by Crippen LogP contribution is -2.39. The van der Waals surface area contributed by atoms with Crippen molar-refractivity contribution in [3.63, 3.8) is 0 Å². The van der Waals surface area contributed by atoms with Crippen LogP contribution in [0.5, 0.6) is 0 Å². The van der Waals surface area contributed by atoms with E-state index in [1.54, 1.807) is 5.51 Å². The lowest BCUT2D eigenvalue weighted by Gasteiger charge is -2.33. The first-order valence-corrected chi connectivity index (χ1v) is 11.3. The highest BCUT2D eigenvalue weighted by atomic mass is 35.5. The van der Waals surface area contributed by atoms with Crippen LogP contribution in [0.1, 0.15) is 18.5 Å². The number of hydrogen-bond acceptors (Lipinski definition) is 6. The molecule has 0 saturated carbocycles. The summed E-state index contributed by atoms with van der Waals surface area (Å²) >= 11 is 7.81. The van der Waals surface area contributed by atoms with Crippen molar-refractivity contribution in [3.05, 3.63) is 64.1 Å². The van der Waals surface area contributed by atoms with Crippen molar-refractivity contribution in [2.24, 2.45) is 5.92 Å². The molecule has 3 heterocycles. The fourth-order valence-electron chi connectivity index (χ4n) is 3.51. The molecule has 0 aliphatic carbocycles. The molecule has 1 aliphatic heterocycles. The Morgan fingerprint density at radius 1 is 1.20 bits per heavy atom. The van der Waals surface area contributed by atoms with Crippen LogP contribution in [0, 0.1) is 5.92 Å². The Balaban J connectivity index is 1.26. The first-order valence-electron chi connectivity index (χ1n) is 9.93. The maximum absolute atomic E-state index is 11.9. The Bertz CT molecular complexity index is 975. The van der Waals surface area contributed by atoms with Gasteiger partial charge in [0, 0.05) is 35.6 Å². The van der Waals surface area contributed by atoms with Crippen LogP contribution in [0.3, 0.4) is 0 Å². The number of pyridine rings is 1. The molecule has 156 valence electrons. The van der Waals surface area contributed by atoms with Crippen LogP contribution in [-0.4, -0.2) is 35.7 Å². The summed E-state index contributed by atoms with van der Waals surface area (Å²) < 4.78 is 5.20. The highest BCUT2D eigenvalue weighted by Crippen LogP contribution is 2.28. The zero-order chi connectivity index (χ0) is 20.8.